The van der Waals surface area contributed by atoms with Gasteiger partial charge in [0, 0.05) is 5.92 Å². The summed E-state index contributed by atoms with van der Waals surface area (Å²) in [5.41, 5.74) is 1.67. The molecule has 0 fully saturated rings. The van der Waals surface area contributed by atoms with Crippen molar-refractivity contribution in [2.45, 2.75) is 73.8 Å². The van der Waals surface area contributed by atoms with Gasteiger partial charge in [-0.1, -0.05) is 45.0 Å². The van der Waals surface area contributed by atoms with Crippen LogP contribution in [0.2, 0.25) is 0 Å². The minimum absolute atomic E-state index is 0.201. The average Bonchev–Trinajstić information content (AvgIpc) is 2.62. The van der Waals surface area contributed by atoms with Gasteiger partial charge in [-0.25, -0.2) is 0 Å². The molecule has 0 heterocycles. The molecule has 0 aliphatic carbocycles. The Kier molecular flexibility index (Phi) is 8.29. The predicted octanol–water partition coefficient (Wildman–Crippen LogP) is 6.99. The molecular weight excluding hydrogens is 348 g/mol. The number of hydrogen-bond donors (Lipinski definition) is 0. The minimum atomic E-state index is -0.511. The van der Waals surface area contributed by atoms with Crippen LogP contribution in [0.4, 0.5) is 0 Å². The van der Waals surface area contributed by atoms with Gasteiger partial charge < -0.3 is 9.47 Å². The fourth-order valence-corrected chi connectivity index (χ4v) is 2.46. The molecule has 0 aliphatic heterocycles. The summed E-state index contributed by atoms with van der Waals surface area (Å²) in [5.74, 6) is 1.46. The molecule has 154 valence electrons. The third kappa shape index (κ3) is 7.38. The standard InChI is InChI=1S/C23H30O3.C2H6/c1-16(18-10-14-20(15-11-18)26-23(5,6)7)17-8-12-19(13-9-17)25-21(24)22(2,3)4;1-2/h8-16H,1-7H3;1-2H3. The number of rotatable bonds is 4. The number of esters is 1. The molecule has 2 aromatic rings. The first kappa shape index (κ1) is 23.7. The van der Waals surface area contributed by atoms with Crippen molar-refractivity contribution in [2.75, 3.05) is 0 Å². The van der Waals surface area contributed by atoms with Crippen molar-refractivity contribution in [3.05, 3.63) is 59.7 Å². The van der Waals surface area contributed by atoms with E-state index in [9.17, 15) is 4.79 Å². The molecule has 3 heteroatoms. The molecule has 1 atom stereocenters. The number of carbonyl (C=O) groups is 1. The van der Waals surface area contributed by atoms with Crippen LogP contribution >= 0.6 is 0 Å². The zero-order valence-electron chi connectivity index (χ0n) is 18.9. The summed E-state index contributed by atoms with van der Waals surface area (Å²) < 4.78 is 11.3. The molecule has 0 radical (unpaired) electrons. The van der Waals surface area contributed by atoms with E-state index >= 15 is 0 Å². The quantitative estimate of drug-likeness (QED) is 0.421. The molecule has 1 unspecified atom stereocenters. The van der Waals surface area contributed by atoms with Crippen LogP contribution in [0.15, 0.2) is 48.5 Å². The van der Waals surface area contributed by atoms with Gasteiger partial charge in [-0.3, -0.25) is 4.79 Å². The molecular formula is C25H36O3. The van der Waals surface area contributed by atoms with Crippen molar-refractivity contribution < 1.29 is 14.3 Å². The van der Waals surface area contributed by atoms with E-state index in [1.54, 1.807) is 0 Å². The molecule has 3 nitrogen and oxygen atoms in total. The Morgan fingerprint density at radius 3 is 1.50 bits per heavy atom. The SMILES string of the molecule is CC.CC(c1ccc(OC(=O)C(C)(C)C)cc1)c1ccc(OC(C)(C)C)cc1. The summed E-state index contributed by atoms with van der Waals surface area (Å²) >= 11 is 0. The minimum Gasteiger partial charge on any atom is -0.488 e. The molecule has 0 aliphatic rings. The van der Waals surface area contributed by atoms with Crippen LogP contribution in [-0.2, 0) is 4.79 Å². The topological polar surface area (TPSA) is 35.5 Å². The maximum absolute atomic E-state index is 12.0. The van der Waals surface area contributed by atoms with Gasteiger partial charge in [0.2, 0.25) is 0 Å². The van der Waals surface area contributed by atoms with Gasteiger partial charge in [-0.2, -0.15) is 0 Å². The molecule has 0 N–H and O–H groups in total. The van der Waals surface area contributed by atoms with Crippen molar-refractivity contribution in [3.63, 3.8) is 0 Å². The van der Waals surface area contributed by atoms with Crippen molar-refractivity contribution in [3.8, 4) is 11.5 Å². The first-order chi connectivity index (χ1) is 13.0. The zero-order chi connectivity index (χ0) is 21.5. The Morgan fingerprint density at radius 2 is 1.14 bits per heavy atom. The number of benzene rings is 2. The van der Waals surface area contributed by atoms with Crippen LogP contribution in [-0.4, -0.2) is 11.6 Å². The van der Waals surface area contributed by atoms with E-state index in [-0.39, 0.29) is 17.5 Å². The van der Waals surface area contributed by atoms with Crippen LogP contribution in [0.1, 0.15) is 79.4 Å². The highest BCUT2D eigenvalue weighted by Gasteiger charge is 2.23. The monoisotopic (exact) mass is 384 g/mol. The van der Waals surface area contributed by atoms with Gasteiger partial charge in [0.25, 0.3) is 0 Å². The number of ether oxygens (including phenoxy) is 2. The normalized spacial score (nSPS) is 12.5. The molecule has 0 saturated heterocycles. The Balaban J connectivity index is 0.00000190. The highest BCUT2D eigenvalue weighted by atomic mass is 16.5. The maximum atomic E-state index is 12.0. The van der Waals surface area contributed by atoms with Crippen molar-refractivity contribution in [2.24, 2.45) is 5.41 Å². The third-order valence-corrected chi connectivity index (χ3v) is 4.01. The highest BCUT2D eigenvalue weighted by molar-refractivity contribution is 5.77. The lowest BCUT2D eigenvalue weighted by atomic mass is 9.93. The lowest BCUT2D eigenvalue weighted by molar-refractivity contribution is -0.143. The van der Waals surface area contributed by atoms with E-state index in [4.69, 9.17) is 9.47 Å². The number of carbonyl (C=O) groups excluding carboxylic acids is 1. The summed E-state index contributed by atoms with van der Waals surface area (Å²) in [7, 11) is 0. The molecule has 2 aromatic carbocycles. The van der Waals surface area contributed by atoms with E-state index < -0.39 is 5.41 Å². The Morgan fingerprint density at radius 1 is 0.750 bits per heavy atom. The maximum Gasteiger partial charge on any atom is 0.316 e. The first-order valence-electron chi connectivity index (χ1n) is 10.1. The second-order valence-corrected chi connectivity index (χ2v) is 8.71. The van der Waals surface area contributed by atoms with E-state index in [1.807, 2.05) is 91.8 Å². The average molecular weight is 385 g/mol. The molecule has 2 rings (SSSR count). The van der Waals surface area contributed by atoms with E-state index in [1.165, 1.54) is 11.1 Å². The van der Waals surface area contributed by atoms with Crippen molar-refractivity contribution in [1.29, 1.82) is 0 Å². The lowest BCUT2D eigenvalue weighted by Gasteiger charge is -2.22. The fourth-order valence-electron chi connectivity index (χ4n) is 2.46. The van der Waals surface area contributed by atoms with Gasteiger partial charge in [-0.05, 0) is 76.9 Å². The van der Waals surface area contributed by atoms with Gasteiger partial charge in [0.1, 0.15) is 17.1 Å². The van der Waals surface area contributed by atoms with Crippen LogP contribution in [0.3, 0.4) is 0 Å². The Bertz CT molecular complexity index is 729. The van der Waals surface area contributed by atoms with Gasteiger partial charge in [0.05, 0.1) is 5.41 Å². The summed E-state index contributed by atoms with van der Waals surface area (Å²) in [4.78, 5) is 12.0. The van der Waals surface area contributed by atoms with Gasteiger partial charge >= 0.3 is 5.97 Å². The second-order valence-electron chi connectivity index (χ2n) is 8.71. The van der Waals surface area contributed by atoms with E-state index in [2.05, 4.69) is 19.1 Å². The Hall–Kier alpha value is -2.29. The summed E-state index contributed by atoms with van der Waals surface area (Å²) in [6.45, 7) is 17.8. The Labute approximate surface area is 171 Å². The van der Waals surface area contributed by atoms with Crippen molar-refractivity contribution >= 4 is 5.97 Å². The third-order valence-electron chi connectivity index (χ3n) is 4.01. The van der Waals surface area contributed by atoms with E-state index in [0.29, 0.717) is 5.75 Å². The van der Waals surface area contributed by atoms with Crippen LogP contribution in [0, 0.1) is 5.41 Å². The zero-order valence-corrected chi connectivity index (χ0v) is 18.9. The van der Waals surface area contributed by atoms with Crippen LogP contribution in [0.5, 0.6) is 11.5 Å². The molecule has 0 bridgehead atoms. The lowest BCUT2D eigenvalue weighted by Crippen LogP contribution is -2.25. The van der Waals surface area contributed by atoms with E-state index in [0.717, 1.165) is 5.75 Å². The second kappa shape index (κ2) is 9.77. The molecule has 0 amide bonds. The molecule has 0 saturated carbocycles. The summed E-state index contributed by atoms with van der Waals surface area (Å²) in [6, 6.07) is 15.9. The molecule has 0 spiro atoms. The number of hydrogen-bond acceptors (Lipinski definition) is 3. The van der Waals surface area contributed by atoms with Crippen molar-refractivity contribution in [1.82, 2.24) is 0 Å². The summed E-state index contributed by atoms with van der Waals surface area (Å²) in [5, 5.41) is 0. The fraction of sp³-hybridized carbons (Fsp3) is 0.480. The first-order valence-corrected chi connectivity index (χ1v) is 10.1. The highest BCUT2D eigenvalue weighted by Crippen LogP contribution is 2.28. The van der Waals surface area contributed by atoms with Gasteiger partial charge in [0.15, 0.2) is 0 Å². The summed E-state index contributed by atoms with van der Waals surface area (Å²) in [6.07, 6.45) is 0. The van der Waals surface area contributed by atoms with Crippen LogP contribution in [0.25, 0.3) is 0 Å². The molecule has 28 heavy (non-hydrogen) atoms. The van der Waals surface area contributed by atoms with Crippen LogP contribution < -0.4 is 9.47 Å². The smallest absolute Gasteiger partial charge is 0.316 e. The predicted molar refractivity (Wildman–Crippen MR) is 117 cm³/mol. The molecule has 0 aromatic heterocycles. The van der Waals surface area contributed by atoms with Gasteiger partial charge in [-0.15, -0.1) is 0 Å². The largest absolute Gasteiger partial charge is 0.488 e.